The van der Waals surface area contributed by atoms with Crippen LogP contribution in [0.2, 0.25) is 0 Å². The highest BCUT2D eigenvalue weighted by Crippen LogP contribution is 2.17. The highest BCUT2D eigenvalue weighted by molar-refractivity contribution is 7.17. The lowest BCUT2D eigenvalue weighted by molar-refractivity contribution is 0.0962. The summed E-state index contributed by atoms with van der Waals surface area (Å²) in [6.45, 7) is 6.09. The number of aldehydes is 1. The van der Waals surface area contributed by atoms with Crippen LogP contribution in [0.25, 0.3) is 0 Å². The predicted octanol–water partition coefficient (Wildman–Crippen LogP) is 3.10. The van der Waals surface area contributed by atoms with E-state index in [1.807, 2.05) is 13.0 Å². The number of benzene rings is 1. The number of carbonyl (C=O) groups excluding carboxylic acids is 2. The first-order valence-corrected chi connectivity index (χ1v) is 8.48. The van der Waals surface area contributed by atoms with Crippen LogP contribution in [0.3, 0.4) is 0 Å². The first-order valence-electron chi connectivity index (χ1n) is 7.67. The summed E-state index contributed by atoms with van der Waals surface area (Å²) in [4.78, 5) is 26.1. The molecule has 0 fully saturated rings. The van der Waals surface area contributed by atoms with E-state index in [1.165, 1.54) is 11.3 Å². The largest absolute Gasteiger partial charge is 0.398 e. The maximum atomic E-state index is 11.1. The Morgan fingerprint density at radius 2 is 2.17 bits per heavy atom. The molecule has 1 heterocycles. The molecule has 0 spiro atoms. The average molecular weight is 348 g/mol. The number of hydrogen-bond donors (Lipinski definition) is 3. The van der Waals surface area contributed by atoms with Crippen LogP contribution in [0.5, 0.6) is 0 Å². The molecule has 0 bridgehead atoms. The number of hydrogen-bond acceptors (Lipinski definition) is 6. The summed E-state index contributed by atoms with van der Waals surface area (Å²) in [5, 5.41) is 6.55. The molecule has 1 atom stereocenters. The Kier molecular flexibility index (Phi) is 7.91. The maximum Gasteiger partial charge on any atom is 0.251 e. The number of nitrogens with two attached hydrogens (primary N) is 1. The van der Waals surface area contributed by atoms with Crippen LogP contribution in [-0.4, -0.2) is 30.3 Å². The number of rotatable bonds is 5. The minimum Gasteiger partial charge on any atom is -0.398 e. The minimum atomic E-state index is -0.110. The van der Waals surface area contributed by atoms with E-state index in [1.54, 1.807) is 25.4 Å². The number of thiazole rings is 1. The molecule has 0 saturated carbocycles. The molecule has 1 amide bonds. The molecular formula is C17H24N4O2S. The maximum absolute atomic E-state index is 11.1. The zero-order chi connectivity index (χ0) is 18.1. The van der Waals surface area contributed by atoms with Gasteiger partial charge in [0.15, 0.2) is 11.4 Å². The highest BCUT2D eigenvalue weighted by Gasteiger charge is 2.04. The van der Waals surface area contributed by atoms with Crippen LogP contribution in [0.1, 0.15) is 45.9 Å². The van der Waals surface area contributed by atoms with Gasteiger partial charge in [-0.2, -0.15) is 0 Å². The van der Waals surface area contributed by atoms with Crippen LogP contribution >= 0.6 is 11.3 Å². The second kappa shape index (κ2) is 9.67. The van der Waals surface area contributed by atoms with Gasteiger partial charge in [0, 0.05) is 24.3 Å². The number of carbonyl (C=O) groups is 2. The van der Waals surface area contributed by atoms with Crippen molar-refractivity contribution in [1.82, 2.24) is 10.3 Å². The van der Waals surface area contributed by atoms with E-state index in [-0.39, 0.29) is 5.91 Å². The smallest absolute Gasteiger partial charge is 0.251 e. The number of amides is 1. The van der Waals surface area contributed by atoms with Gasteiger partial charge in [-0.1, -0.05) is 24.3 Å². The second-order valence-electron chi connectivity index (χ2n) is 5.29. The normalized spacial score (nSPS) is 11.0. The quantitative estimate of drug-likeness (QED) is 0.570. The van der Waals surface area contributed by atoms with Crippen molar-refractivity contribution in [1.29, 1.82) is 0 Å². The molecule has 0 aliphatic carbocycles. The van der Waals surface area contributed by atoms with Crippen LogP contribution in [0.15, 0.2) is 24.4 Å². The Balaban J connectivity index is 0.000000240. The van der Waals surface area contributed by atoms with Gasteiger partial charge in [0.2, 0.25) is 0 Å². The van der Waals surface area contributed by atoms with Gasteiger partial charge in [0.1, 0.15) is 0 Å². The number of nitrogens with zero attached hydrogens (tertiary/aromatic N) is 1. The van der Waals surface area contributed by atoms with E-state index in [2.05, 4.69) is 29.5 Å². The highest BCUT2D eigenvalue weighted by atomic mass is 32.1. The molecule has 6 nitrogen and oxygen atoms in total. The molecule has 0 saturated heterocycles. The SMILES string of the molecule is CC[C@@H](C)Nc1ncc(C=O)s1.CNC(=O)c1ccc(C)c(N)c1. The average Bonchev–Trinajstić information content (AvgIpc) is 3.04. The number of aryl methyl sites for hydroxylation is 1. The lowest BCUT2D eigenvalue weighted by Crippen LogP contribution is -2.17. The van der Waals surface area contributed by atoms with E-state index in [4.69, 9.17) is 5.73 Å². The summed E-state index contributed by atoms with van der Waals surface area (Å²) < 4.78 is 0. The van der Waals surface area contributed by atoms with Gasteiger partial charge in [-0.05, 0) is 38.0 Å². The van der Waals surface area contributed by atoms with Gasteiger partial charge in [-0.25, -0.2) is 4.98 Å². The summed E-state index contributed by atoms with van der Waals surface area (Å²) in [5.74, 6) is -0.110. The van der Waals surface area contributed by atoms with Gasteiger partial charge in [0.05, 0.1) is 11.1 Å². The van der Waals surface area contributed by atoms with Gasteiger partial charge in [-0.3, -0.25) is 9.59 Å². The summed E-state index contributed by atoms with van der Waals surface area (Å²) in [7, 11) is 1.60. The van der Waals surface area contributed by atoms with E-state index in [0.29, 0.717) is 22.2 Å². The third kappa shape index (κ3) is 6.00. The van der Waals surface area contributed by atoms with E-state index in [9.17, 15) is 9.59 Å². The molecule has 0 aliphatic rings. The topological polar surface area (TPSA) is 97.1 Å². The van der Waals surface area contributed by atoms with Gasteiger partial charge >= 0.3 is 0 Å². The number of nitrogen functional groups attached to an aromatic ring is 1. The van der Waals surface area contributed by atoms with Gasteiger partial charge in [0.25, 0.3) is 5.91 Å². The van der Waals surface area contributed by atoms with E-state index < -0.39 is 0 Å². The number of aromatic nitrogens is 1. The van der Waals surface area contributed by atoms with Crippen LogP contribution in [0.4, 0.5) is 10.8 Å². The van der Waals surface area contributed by atoms with Crippen LogP contribution in [-0.2, 0) is 0 Å². The van der Waals surface area contributed by atoms with Crippen molar-refractivity contribution in [2.45, 2.75) is 33.2 Å². The monoisotopic (exact) mass is 348 g/mol. The molecule has 2 rings (SSSR count). The fourth-order valence-electron chi connectivity index (χ4n) is 1.65. The third-order valence-corrected chi connectivity index (χ3v) is 4.24. The zero-order valence-electron chi connectivity index (χ0n) is 14.4. The Bertz CT molecular complexity index is 685. The molecule has 1 aromatic carbocycles. The molecule has 0 unspecified atom stereocenters. The molecule has 130 valence electrons. The van der Waals surface area contributed by atoms with Gasteiger partial charge in [-0.15, -0.1) is 0 Å². The Hall–Kier alpha value is -2.41. The van der Waals surface area contributed by atoms with E-state index >= 15 is 0 Å². The molecule has 0 aliphatic heterocycles. The molecule has 0 radical (unpaired) electrons. The van der Waals surface area contributed by atoms with Gasteiger partial charge < -0.3 is 16.4 Å². The summed E-state index contributed by atoms with van der Waals surface area (Å²) in [6, 6.07) is 5.68. The lowest BCUT2D eigenvalue weighted by atomic mass is 10.1. The summed E-state index contributed by atoms with van der Waals surface area (Å²) >= 11 is 1.39. The molecule has 1 aromatic heterocycles. The Labute approximate surface area is 146 Å². The van der Waals surface area contributed by atoms with Crippen LogP contribution < -0.4 is 16.4 Å². The minimum absolute atomic E-state index is 0.110. The number of anilines is 2. The molecule has 7 heteroatoms. The number of nitrogens with one attached hydrogen (secondary N) is 2. The van der Waals surface area contributed by atoms with Crippen molar-refractivity contribution in [3.8, 4) is 0 Å². The predicted molar refractivity (Wildman–Crippen MR) is 99.9 cm³/mol. The molecular weight excluding hydrogens is 324 g/mol. The standard InChI is InChI=1S/C9H12N2O.C8H12N2OS/c1-6-3-4-7(5-8(6)10)9(12)11-2;1-3-6(2)10-8-9-4-7(5-11)12-8/h3-5H,10H2,1-2H3,(H,11,12);4-6H,3H2,1-2H3,(H,9,10)/t;6-/m.1/s1. The zero-order valence-corrected chi connectivity index (χ0v) is 15.2. The van der Waals surface area contributed by atoms with E-state index in [0.717, 1.165) is 23.4 Å². The Morgan fingerprint density at radius 3 is 2.67 bits per heavy atom. The fraction of sp³-hybridized carbons (Fsp3) is 0.353. The summed E-state index contributed by atoms with van der Waals surface area (Å²) in [6.07, 6.45) is 3.46. The van der Waals surface area contributed by atoms with Crippen LogP contribution in [0, 0.1) is 6.92 Å². The second-order valence-corrected chi connectivity index (χ2v) is 6.35. The van der Waals surface area contributed by atoms with Crippen molar-refractivity contribution in [2.24, 2.45) is 0 Å². The fourth-order valence-corrected chi connectivity index (χ4v) is 2.39. The first kappa shape index (κ1) is 19.6. The first-order chi connectivity index (χ1) is 11.4. The lowest BCUT2D eigenvalue weighted by Gasteiger charge is -2.08. The summed E-state index contributed by atoms with van der Waals surface area (Å²) in [5.41, 5.74) is 7.87. The molecule has 2 aromatic rings. The van der Waals surface area contributed by atoms with Crippen molar-refractivity contribution in [2.75, 3.05) is 18.1 Å². The van der Waals surface area contributed by atoms with Crippen molar-refractivity contribution >= 4 is 34.3 Å². The van der Waals surface area contributed by atoms with Crippen molar-refractivity contribution in [3.63, 3.8) is 0 Å². The van der Waals surface area contributed by atoms with Crippen molar-refractivity contribution < 1.29 is 9.59 Å². The molecule has 24 heavy (non-hydrogen) atoms. The third-order valence-electron chi connectivity index (χ3n) is 3.39. The Morgan fingerprint density at radius 1 is 1.46 bits per heavy atom. The van der Waals surface area contributed by atoms with Crippen molar-refractivity contribution in [3.05, 3.63) is 40.4 Å². The molecule has 4 N–H and O–H groups in total.